The van der Waals surface area contributed by atoms with E-state index in [1.165, 1.54) is 18.0 Å². The van der Waals surface area contributed by atoms with Crippen molar-refractivity contribution in [2.75, 3.05) is 11.9 Å². The van der Waals surface area contributed by atoms with E-state index in [4.69, 9.17) is 0 Å². The molecule has 138 valence electrons. The van der Waals surface area contributed by atoms with Gasteiger partial charge in [-0.2, -0.15) is 0 Å². The number of nitrogens with zero attached hydrogens (tertiary/aromatic N) is 2. The monoisotopic (exact) mass is 364 g/mol. The van der Waals surface area contributed by atoms with Crippen molar-refractivity contribution < 1.29 is 9.18 Å². The third kappa shape index (κ3) is 5.60. The Balaban J connectivity index is 1.49. The molecule has 3 rings (SSSR count). The first-order valence-electron chi connectivity index (χ1n) is 8.84. The largest absolute Gasteiger partial charge is 0.366 e. The summed E-state index contributed by atoms with van der Waals surface area (Å²) in [6.07, 6.45) is 3.07. The van der Waals surface area contributed by atoms with E-state index in [0.717, 1.165) is 12.8 Å². The van der Waals surface area contributed by atoms with Crippen molar-refractivity contribution in [1.82, 2.24) is 15.3 Å². The molecule has 1 aromatic heterocycles. The molecule has 0 aliphatic rings. The van der Waals surface area contributed by atoms with Gasteiger partial charge in [-0.05, 0) is 24.5 Å². The minimum atomic E-state index is -0.282. The van der Waals surface area contributed by atoms with E-state index in [-0.39, 0.29) is 24.0 Å². The number of carbonyl (C=O) groups is 1. The van der Waals surface area contributed by atoms with Crippen LogP contribution in [-0.4, -0.2) is 22.4 Å². The van der Waals surface area contributed by atoms with Gasteiger partial charge in [0.1, 0.15) is 23.7 Å². The summed E-state index contributed by atoms with van der Waals surface area (Å²) >= 11 is 0. The predicted molar refractivity (Wildman–Crippen MR) is 103 cm³/mol. The van der Waals surface area contributed by atoms with Crippen LogP contribution in [0.2, 0.25) is 0 Å². The van der Waals surface area contributed by atoms with Gasteiger partial charge < -0.3 is 10.6 Å². The first-order chi connectivity index (χ1) is 13.2. The molecule has 1 heterocycles. The molecular weight excluding hydrogens is 343 g/mol. The summed E-state index contributed by atoms with van der Waals surface area (Å²) in [6, 6.07) is 18.2. The van der Waals surface area contributed by atoms with Gasteiger partial charge in [-0.25, -0.2) is 14.4 Å². The van der Waals surface area contributed by atoms with Gasteiger partial charge in [-0.3, -0.25) is 4.79 Å². The van der Waals surface area contributed by atoms with Gasteiger partial charge in [-0.15, -0.1) is 0 Å². The first-order valence-corrected chi connectivity index (χ1v) is 8.84. The number of amides is 1. The van der Waals surface area contributed by atoms with Crippen molar-refractivity contribution in [2.24, 2.45) is 0 Å². The second-order valence-corrected chi connectivity index (χ2v) is 6.08. The number of rotatable bonds is 8. The standard InChI is InChI=1S/C21H21FN4O/c22-18-11-5-4-10-17(18)14-24-20-13-19(25-15-26-20)21(27)23-12-6-9-16-7-2-1-3-8-16/h1-5,7-8,10-11,13,15H,6,9,12,14H2,(H,23,27)(H,24,25,26). The van der Waals surface area contributed by atoms with E-state index in [2.05, 4.69) is 32.7 Å². The summed E-state index contributed by atoms with van der Waals surface area (Å²) in [6.45, 7) is 0.845. The number of benzene rings is 2. The maximum Gasteiger partial charge on any atom is 0.270 e. The zero-order valence-corrected chi connectivity index (χ0v) is 14.9. The van der Waals surface area contributed by atoms with E-state index < -0.39 is 0 Å². The van der Waals surface area contributed by atoms with Crippen molar-refractivity contribution >= 4 is 11.7 Å². The van der Waals surface area contributed by atoms with Crippen molar-refractivity contribution in [3.63, 3.8) is 0 Å². The highest BCUT2D eigenvalue weighted by Crippen LogP contribution is 2.10. The Bertz CT molecular complexity index is 886. The SMILES string of the molecule is O=C(NCCCc1ccccc1)c1cc(NCc2ccccc2F)ncn1. The number of aromatic nitrogens is 2. The van der Waals surface area contributed by atoms with Crippen LogP contribution in [0, 0.1) is 5.82 Å². The molecule has 0 aliphatic heterocycles. The molecule has 0 saturated heterocycles. The molecular formula is C21H21FN4O. The maximum absolute atomic E-state index is 13.7. The molecule has 0 bridgehead atoms. The highest BCUT2D eigenvalue weighted by molar-refractivity contribution is 5.92. The molecule has 0 aliphatic carbocycles. The lowest BCUT2D eigenvalue weighted by Crippen LogP contribution is -2.26. The van der Waals surface area contributed by atoms with Gasteiger partial charge in [0, 0.05) is 24.7 Å². The lowest BCUT2D eigenvalue weighted by molar-refractivity contribution is 0.0948. The van der Waals surface area contributed by atoms with E-state index in [1.807, 2.05) is 18.2 Å². The Labute approximate surface area is 157 Å². The van der Waals surface area contributed by atoms with Crippen molar-refractivity contribution in [1.29, 1.82) is 0 Å². The average Bonchev–Trinajstić information content (AvgIpc) is 2.71. The Hall–Kier alpha value is -3.28. The van der Waals surface area contributed by atoms with Crippen LogP contribution in [0.5, 0.6) is 0 Å². The van der Waals surface area contributed by atoms with Gasteiger partial charge in [0.2, 0.25) is 0 Å². The smallest absolute Gasteiger partial charge is 0.270 e. The molecule has 6 heteroatoms. The zero-order chi connectivity index (χ0) is 18.9. The van der Waals surface area contributed by atoms with E-state index in [1.54, 1.807) is 24.3 Å². The Kier molecular flexibility index (Phi) is 6.46. The van der Waals surface area contributed by atoms with Crippen molar-refractivity contribution in [3.8, 4) is 0 Å². The highest BCUT2D eigenvalue weighted by atomic mass is 19.1. The molecule has 2 aromatic carbocycles. The Morgan fingerprint density at radius 1 is 1.00 bits per heavy atom. The summed E-state index contributed by atoms with van der Waals surface area (Å²) in [4.78, 5) is 20.3. The quantitative estimate of drug-likeness (QED) is 0.600. The average molecular weight is 364 g/mol. The molecule has 2 N–H and O–H groups in total. The van der Waals surface area contributed by atoms with E-state index in [9.17, 15) is 9.18 Å². The first kappa shape index (κ1) is 18.5. The number of hydrogen-bond acceptors (Lipinski definition) is 4. The Morgan fingerprint density at radius 2 is 1.78 bits per heavy atom. The molecule has 3 aromatic rings. The lowest BCUT2D eigenvalue weighted by atomic mass is 10.1. The van der Waals surface area contributed by atoms with Crippen molar-refractivity contribution in [3.05, 3.63) is 89.6 Å². The molecule has 0 unspecified atom stereocenters. The molecule has 5 nitrogen and oxygen atoms in total. The second-order valence-electron chi connectivity index (χ2n) is 6.08. The molecule has 0 spiro atoms. The van der Waals surface area contributed by atoms with Crippen LogP contribution in [0.15, 0.2) is 67.0 Å². The summed E-state index contributed by atoms with van der Waals surface area (Å²) < 4.78 is 13.7. The molecule has 27 heavy (non-hydrogen) atoms. The van der Waals surface area contributed by atoms with Crippen LogP contribution < -0.4 is 10.6 Å². The van der Waals surface area contributed by atoms with Crippen LogP contribution >= 0.6 is 0 Å². The van der Waals surface area contributed by atoms with Gasteiger partial charge in [0.15, 0.2) is 0 Å². The summed E-state index contributed by atoms with van der Waals surface area (Å²) in [5.41, 5.74) is 2.05. The number of nitrogens with one attached hydrogen (secondary N) is 2. The van der Waals surface area contributed by atoms with Gasteiger partial charge >= 0.3 is 0 Å². The lowest BCUT2D eigenvalue weighted by Gasteiger charge is -2.08. The number of anilines is 1. The summed E-state index contributed by atoms with van der Waals surface area (Å²) in [5, 5.41) is 5.88. The summed E-state index contributed by atoms with van der Waals surface area (Å²) in [5.74, 6) is -0.0578. The molecule has 0 fully saturated rings. The number of carbonyl (C=O) groups excluding carboxylic acids is 1. The molecule has 0 saturated carbocycles. The fourth-order valence-electron chi connectivity index (χ4n) is 2.64. The van der Waals surface area contributed by atoms with E-state index >= 15 is 0 Å². The van der Waals surface area contributed by atoms with Gasteiger partial charge in [0.05, 0.1) is 0 Å². The summed E-state index contributed by atoms with van der Waals surface area (Å²) in [7, 11) is 0. The van der Waals surface area contributed by atoms with Crippen LogP contribution in [-0.2, 0) is 13.0 Å². The predicted octanol–water partition coefficient (Wildman–Crippen LogP) is 3.59. The van der Waals surface area contributed by atoms with Gasteiger partial charge in [0.25, 0.3) is 5.91 Å². The van der Waals surface area contributed by atoms with Crippen LogP contribution in [0.1, 0.15) is 28.0 Å². The zero-order valence-electron chi connectivity index (χ0n) is 14.9. The topological polar surface area (TPSA) is 66.9 Å². The minimum absolute atomic E-state index is 0.251. The molecule has 0 radical (unpaired) electrons. The fourth-order valence-corrected chi connectivity index (χ4v) is 2.64. The van der Waals surface area contributed by atoms with E-state index in [0.29, 0.717) is 17.9 Å². The van der Waals surface area contributed by atoms with Crippen molar-refractivity contribution in [2.45, 2.75) is 19.4 Å². The molecule has 0 atom stereocenters. The fraction of sp³-hybridized carbons (Fsp3) is 0.190. The maximum atomic E-state index is 13.7. The third-order valence-corrected chi connectivity index (χ3v) is 4.09. The number of halogens is 1. The second kappa shape index (κ2) is 9.43. The van der Waals surface area contributed by atoms with Crippen LogP contribution in [0.3, 0.4) is 0 Å². The number of hydrogen-bond donors (Lipinski definition) is 2. The van der Waals surface area contributed by atoms with Crippen LogP contribution in [0.25, 0.3) is 0 Å². The highest BCUT2D eigenvalue weighted by Gasteiger charge is 2.09. The third-order valence-electron chi connectivity index (χ3n) is 4.09. The Morgan fingerprint density at radius 3 is 2.59 bits per heavy atom. The van der Waals surface area contributed by atoms with Gasteiger partial charge in [-0.1, -0.05) is 48.5 Å². The minimum Gasteiger partial charge on any atom is -0.366 e. The van der Waals surface area contributed by atoms with Crippen LogP contribution in [0.4, 0.5) is 10.2 Å². The molecule has 1 amide bonds. The number of aryl methyl sites for hydroxylation is 1. The normalized spacial score (nSPS) is 10.4.